The van der Waals surface area contributed by atoms with Crippen LogP contribution in [0.3, 0.4) is 0 Å². The molecule has 1 nitrogen and oxygen atoms in total. The highest BCUT2D eigenvalue weighted by Crippen LogP contribution is 2.41. The molecule has 0 aromatic heterocycles. The lowest BCUT2D eigenvalue weighted by Crippen LogP contribution is -2.34. The fourth-order valence-corrected chi connectivity index (χ4v) is 3.42. The summed E-state index contributed by atoms with van der Waals surface area (Å²) in [7, 11) is 0. The summed E-state index contributed by atoms with van der Waals surface area (Å²) < 4.78 is 0.825. The van der Waals surface area contributed by atoms with E-state index in [-0.39, 0.29) is 0 Å². The quantitative estimate of drug-likeness (QED) is 0.642. The van der Waals surface area contributed by atoms with Crippen molar-refractivity contribution in [2.45, 2.75) is 24.8 Å². The van der Waals surface area contributed by atoms with Gasteiger partial charge >= 0.3 is 0 Å². The van der Waals surface area contributed by atoms with Gasteiger partial charge in [-0.1, -0.05) is 53.5 Å². The van der Waals surface area contributed by atoms with E-state index in [0.717, 1.165) is 23.0 Å². The molecule has 1 aliphatic carbocycles. The summed E-state index contributed by atoms with van der Waals surface area (Å²) >= 11 is 15.8. The summed E-state index contributed by atoms with van der Waals surface area (Å²) in [6.07, 6.45) is 2.27. The monoisotopic (exact) mass is 369 g/mol. The van der Waals surface area contributed by atoms with Crippen molar-refractivity contribution in [2.75, 3.05) is 5.32 Å². The molecule has 1 N–H and O–H groups in total. The van der Waals surface area contributed by atoms with Crippen LogP contribution in [0.2, 0.25) is 10.0 Å². The van der Waals surface area contributed by atoms with Crippen LogP contribution < -0.4 is 5.32 Å². The van der Waals surface area contributed by atoms with Crippen LogP contribution in [0, 0.1) is 0 Å². The van der Waals surface area contributed by atoms with Crippen LogP contribution in [0.15, 0.2) is 46.9 Å². The van der Waals surface area contributed by atoms with Crippen LogP contribution in [0.4, 0.5) is 5.69 Å². The largest absolute Gasteiger partial charge is 0.381 e. The SMILES string of the molecule is Clc1c(Br)ccc(NC2CC(c3ccccc3)C2)c1Cl. The number of nitrogens with one attached hydrogen (secondary N) is 1. The van der Waals surface area contributed by atoms with Gasteiger partial charge in [0.25, 0.3) is 0 Å². The van der Waals surface area contributed by atoms with Crippen molar-refractivity contribution in [1.29, 1.82) is 0 Å². The molecule has 1 saturated carbocycles. The molecule has 3 rings (SSSR count). The van der Waals surface area contributed by atoms with Crippen molar-refractivity contribution >= 4 is 44.8 Å². The van der Waals surface area contributed by atoms with Gasteiger partial charge in [0.1, 0.15) is 0 Å². The summed E-state index contributed by atoms with van der Waals surface area (Å²) in [5.41, 5.74) is 2.34. The van der Waals surface area contributed by atoms with E-state index in [0.29, 0.717) is 22.0 Å². The second-order valence-corrected chi connectivity index (χ2v) is 6.75. The molecule has 1 aliphatic rings. The average molecular weight is 371 g/mol. The second kappa shape index (κ2) is 5.97. The molecule has 2 aromatic carbocycles. The van der Waals surface area contributed by atoms with E-state index in [2.05, 4.69) is 51.6 Å². The molecule has 2 aromatic rings. The van der Waals surface area contributed by atoms with Crippen LogP contribution in [-0.4, -0.2) is 6.04 Å². The Bertz CT molecular complexity index is 609. The van der Waals surface area contributed by atoms with Crippen LogP contribution in [0.25, 0.3) is 0 Å². The van der Waals surface area contributed by atoms with E-state index in [1.807, 2.05) is 12.1 Å². The molecule has 0 heterocycles. The van der Waals surface area contributed by atoms with Gasteiger partial charge in [-0.25, -0.2) is 0 Å². The zero-order valence-electron chi connectivity index (χ0n) is 10.7. The van der Waals surface area contributed by atoms with Gasteiger partial charge in [-0.2, -0.15) is 0 Å². The van der Waals surface area contributed by atoms with Gasteiger partial charge in [0.2, 0.25) is 0 Å². The fourth-order valence-electron chi connectivity index (χ4n) is 2.59. The van der Waals surface area contributed by atoms with E-state index in [4.69, 9.17) is 23.2 Å². The summed E-state index contributed by atoms with van der Waals surface area (Å²) in [4.78, 5) is 0. The van der Waals surface area contributed by atoms with Crippen LogP contribution >= 0.6 is 39.1 Å². The van der Waals surface area contributed by atoms with Crippen molar-refractivity contribution in [3.05, 3.63) is 62.5 Å². The predicted octanol–water partition coefficient (Wildman–Crippen LogP) is 6.11. The fraction of sp³-hybridized carbons (Fsp3) is 0.250. The van der Waals surface area contributed by atoms with Gasteiger partial charge in [-0.3, -0.25) is 0 Å². The molecule has 0 spiro atoms. The molecule has 20 heavy (non-hydrogen) atoms. The number of halogens is 3. The maximum Gasteiger partial charge on any atom is 0.0835 e. The highest BCUT2D eigenvalue weighted by atomic mass is 79.9. The first-order valence-electron chi connectivity index (χ1n) is 6.60. The lowest BCUT2D eigenvalue weighted by molar-refractivity contribution is 0.374. The lowest BCUT2D eigenvalue weighted by atomic mass is 9.76. The van der Waals surface area contributed by atoms with Crippen molar-refractivity contribution in [3.63, 3.8) is 0 Å². The first-order valence-corrected chi connectivity index (χ1v) is 8.15. The first kappa shape index (κ1) is 14.2. The summed E-state index contributed by atoms with van der Waals surface area (Å²) in [5.74, 6) is 0.651. The van der Waals surface area contributed by atoms with Crippen molar-refractivity contribution in [2.24, 2.45) is 0 Å². The Morgan fingerprint density at radius 3 is 2.35 bits per heavy atom. The summed E-state index contributed by atoms with van der Waals surface area (Å²) in [6, 6.07) is 15.0. The number of rotatable bonds is 3. The molecule has 0 aliphatic heterocycles. The minimum Gasteiger partial charge on any atom is -0.381 e. The third kappa shape index (κ3) is 2.83. The van der Waals surface area contributed by atoms with Gasteiger partial charge in [0, 0.05) is 10.5 Å². The van der Waals surface area contributed by atoms with E-state index in [1.54, 1.807) is 0 Å². The highest BCUT2D eigenvalue weighted by molar-refractivity contribution is 9.10. The molecule has 104 valence electrons. The second-order valence-electron chi connectivity index (χ2n) is 5.14. The molecule has 0 radical (unpaired) electrons. The molecule has 1 fully saturated rings. The maximum absolute atomic E-state index is 6.25. The number of benzene rings is 2. The zero-order chi connectivity index (χ0) is 14.1. The molecular formula is C16H14BrCl2N. The van der Waals surface area contributed by atoms with Gasteiger partial charge in [0.15, 0.2) is 0 Å². The Hall–Kier alpha value is -0.700. The number of hydrogen-bond acceptors (Lipinski definition) is 1. The van der Waals surface area contributed by atoms with Crippen molar-refractivity contribution < 1.29 is 0 Å². The standard InChI is InChI=1S/C16H14BrCl2N/c17-13-6-7-14(16(19)15(13)18)20-12-8-11(9-12)10-4-2-1-3-5-10/h1-7,11-12,20H,8-9H2. The van der Waals surface area contributed by atoms with Gasteiger partial charge < -0.3 is 5.32 Å². The molecule has 0 saturated heterocycles. The molecule has 4 heteroatoms. The van der Waals surface area contributed by atoms with E-state index < -0.39 is 0 Å². The molecule has 0 unspecified atom stereocenters. The Labute approximate surface area is 137 Å². The molecule has 0 amide bonds. The lowest BCUT2D eigenvalue weighted by Gasteiger charge is -2.37. The molecular weight excluding hydrogens is 357 g/mol. The number of anilines is 1. The van der Waals surface area contributed by atoms with Gasteiger partial charge in [-0.15, -0.1) is 0 Å². The zero-order valence-corrected chi connectivity index (χ0v) is 13.8. The number of hydrogen-bond donors (Lipinski definition) is 1. The van der Waals surface area contributed by atoms with Crippen molar-refractivity contribution in [3.8, 4) is 0 Å². The van der Waals surface area contributed by atoms with Crippen LogP contribution in [-0.2, 0) is 0 Å². The van der Waals surface area contributed by atoms with Crippen LogP contribution in [0.1, 0.15) is 24.3 Å². The first-order chi connectivity index (χ1) is 9.65. The molecule has 0 bridgehead atoms. The highest BCUT2D eigenvalue weighted by Gasteiger charge is 2.30. The van der Waals surface area contributed by atoms with E-state index >= 15 is 0 Å². The molecule has 0 atom stereocenters. The normalized spacial score (nSPS) is 21.4. The van der Waals surface area contributed by atoms with Crippen molar-refractivity contribution in [1.82, 2.24) is 0 Å². The average Bonchev–Trinajstić information content (AvgIpc) is 2.43. The summed E-state index contributed by atoms with van der Waals surface area (Å²) in [6.45, 7) is 0. The summed E-state index contributed by atoms with van der Waals surface area (Å²) in [5, 5.41) is 4.63. The minimum atomic E-state index is 0.468. The smallest absolute Gasteiger partial charge is 0.0835 e. The Morgan fingerprint density at radius 2 is 1.65 bits per heavy atom. The van der Waals surface area contributed by atoms with Gasteiger partial charge in [0.05, 0.1) is 15.7 Å². The maximum atomic E-state index is 6.25. The third-order valence-corrected chi connectivity index (χ3v) is 5.57. The van der Waals surface area contributed by atoms with E-state index in [1.165, 1.54) is 5.56 Å². The predicted molar refractivity (Wildman–Crippen MR) is 90.0 cm³/mol. The topological polar surface area (TPSA) is 12.0 Å². The van der Waals surface area contributed by atoms with Crippen LogP contribution in [0.5, 0.6) is 0 Å². The Kier molecular flexibility index (Phi) is 4.25. The minimum absolute atomic E-state index is 0.468. The Balaban J connectivity index is 1.63. The van der Waals surface area contributed by atoms with E-state index in [9.17, 15) is 0 Å². The van der Waals surface area contributed by atoms with Gasteiger partial charge in [-0.05, 0) is 52.4 Å². The third-order valence-electron chi connectivity index (χ3n) is 3.80. The Morgan fingerprint density at radius 1 is 0.950 bits per heavy atom.